The lowest BCUT2D eigenvalue weighted by atomic mass is 10.0. The molecule has 13 nitrogen and oxygen atoms in total. The topological polar surface area (TPSA) is 163 Å². The van der Waals surface area contributed by atoms with Crippen molar-refractivity contribution in [3.05, 3.63) is 71.3 Å². The van der Waals surface area contributed by atoms with E-state index in [-0.39, 0.29) is 43.7 Å². The van der Waals surface area contributed by atoms with Gasteiger partial charge in [-0.2, -0.15) is 0 Å². The van der Waals surface area contributed by atoms with Gasteiger partial charge in [0.2, 0.25) is 17.7 Å². The molecule has 5 amide bonds. The van der Waals surface area contributed by atoms with Crippen LogP contribution < -0.4 is 16.0 Å². The van der Waals surface area contributed by atoms with Gasteiger partial charge in [-0.3, -0.25) is 24.0 Å². The first-order valence-electron chi connectivity index (χ1n) is 13.8. The van der Waals surface area contributed by atoms with Crippen LogP contribution >= 0.6 is 0 Å². The number of nitrogens with one attached hydrogen (secondary N) is 3. The molecule has 0 aromatic heterocycles. The van der Waals surface area contributed by atoms with E-state index < -0.39 is 59.8 Å². The Balaban J connectivity index is 1.61. The van der Waals surface area contributed by atoms with Crippen molar-refractivity contribution in [1.29, 1.82) is 0 Å². The first kappa shape index (κ1) is 31.2. The normalized spacial score (nSPS) is 23.7. The van der Waals surface area contributed by atoms with Gasteiger partial charge < -0.3 is 35.2 Å². The van der Waals surface area contributed by atoms with Crippen LogP contribution in [0.1, 0.15) is 33.2 Å². The average Bonchev–Trinajstić information content (AvgIpc) is 3.02. The molecule has 43 heavy (non-hydrogen) atoms. The molecule has 2 fully saturated rings. The van der Waals surface area contributed by atoms with Crippen molar-refractivity contribution in [2.24, 2.45) is 0 Å². The number of likely N-dealkylation sites (N-methyl/N-ethyl adjacent to an activating group) is 1. The number of fused-ring (bicyclic) bond motifs is 2. The molecule has 0 saturated carbocycles. The van der Waals surface area contributed by atoms with Crippen LogP contribution in [0.4, 0.5) is 0 Å². The number of carbonyl (C=O) groups excluding carboxylic acids is 6. The smallest absolute Gasteiger partial charge is 0.337 e. The molecule has 2 aliphatic heterocycles. The summed E-state index contributed by atoms with van der Waals surface area (Å²) in [6.45, 7) is 1.08. The van der Waals surface area contributed by atoms with Crippen molar-refractivity contribution in [3.63, 3.8) is 0 Å². The highest BCUT2D eigenvalue weighted by Crippen LogP contribution is 2.17. The highest BCUT2D eigenvalue weighted by molar-refractivity contribution is 5.97. The maximum absolute atomic E-state index is 13.6. The van der Waals surface area contributed by atoms with Crippen LogP contribution in [0.15, 0.2) is 54.6 Å². The lowest BCUT2D eigenvalue weighted by molar-refractivity contribution is -0.148. The number of ether oxygens (including phenoxy) is 2. The molecule has 0 radical (unpaired) electrons. The van der Waals surface area contributed by atoms with Crippen molar-refractivity contribution in [3.8, 4) is 0 Å². The van der Waals surface area contributed by atoms with Crippen LogP contribution in [0.3, 0.4) is 0 Å². The number of rotatable bonds is 4. The number of morpholine rings is 1. The zero-order valence-electron chi connectivity index (χ0n) is 24.2. The molecule has 2 saturated heterocycles. The molecule has 2 aromatic carbocycles. The predicted molar refractivity (Wildman–Crippen MR) is 153 cm³/mol. The van der Waals surface area contributed by atoms with Crippen LogP contribution in [0.5, 0.6) is 0 Å². The van der Waals surface area contributed by atoms with E-state index in [1.165, 1.54) is 55.1 Å². The Kier molecular flexibility index (Phi) is 10.1. The van der Waals surface area contributed by atoms with Crippen molar-refractivity contribution < 1.29 is 38.2 Å². The first-order chi connectivity index (χ1) is 20.5. The van der Waals surface area contributed by atoms with Crippen molar-refractivity contribution in [2.45, 2.75) is 37.6 Å². The molecule has 0 aliphatic carbocycles. The second kappa shape index (κ2) is 13.9. The minimum atomic E-state index is -1.16. The number of methoxy groups -OCH3 is 1. The number of esters is 1. The van der Waals surface area contributed by atoms with E-state index in [9.17, 15) is 28.8 Å². The van der Waals surface area contributed by atoms with Crippen LogP contribution in [0.25, 0.3) is 0 Å². The molecular weight excluding hydrogens is 558 g/mol. The van der Waals surface area contributed by atoms with E-state index in [0.717, 1.165) is 5.56 Å². The van der Waals surface area contributed by atoms with Crippen LogP contribution in [0.2, 0.25) is 0 Å². The Bertz CT molecular complexity index is 1370. The summed E-state index contributed by atoms with van der Waals surface area (Å²) < 4.78 is 10.7. The Morgan fingerprint density at radius 1 is 0.930 bits per heavy atom. The maximum Gasteiger partial charge on any atom is 0.337 e. The third-order valence-electron chi connectivity index (χ3n) is 7.23. The molecule has 2 aliphatic rings. The molecule has 13 heteroatoms. The van der Waals surface area contributed by atoms with Gasteiger partial charge in [-0.15, -0.1) is 0 Å². The van der Waals surface area contributed by atoms with Gasteiger partial charge in [0.25, 0.3) is 11.8 Å². The lowest BCUT2D eigenvalue weighted by Crippen LogP contribution is -2.59. The fraction of sp³-hybridized carbons (Fsp3) is 0.400. The number of hydrogen-bond donors (Lipinski definition) is 3. The summed E-state index contributed by atoms with van der Waals surface area (Å²) in [4.78, 5) is 80.3. The van der Waals surface area contributed by atoms with Gasteiger partial charge in [0.15, 0.2) is 6.10 Å². The maximum atomic E-state index is 13.6. The van der Waals surface area contributed by atoms with E-state index in [0.29, 0.717) is 0 Å². The first-order valence-corrected chi connectivity index (χ1v) is 13.8. The van der Waals surface area contributed by atoms with Crippen molar-refractivity contribution >= 4 is 35.5 Å². The molecule has 2 aromatic rings. The number of amides is 5. The molecule has 3 N–H and O–H groups in total. The zero-order chi connectivity index (χ0) is 31.1. The standard InChI is InChI=1S/C30H35N5O8/c1-18-26(37)31-14-22-15-35(28(39)20-9-11-21(12-10-20)30(41)42-3)16-24(43-22)27(38)33-23(13-19-7-5-4-6-8-19)29(40)34(2)17-25(36)32-18/h4-12,18,22-24H,13-17H2,1-3H3,(H,31,37)(H,32,36)(H,33,38)/t18-,22+,23-,24-/m1/s1. The summed E-state index contributed by atoms with van der Waals surface area (Å²) in [6.07, 6.45) is -1.78. The van der Waals surface area contributed by atoms with Gasteiger partial charge in [0, 0.05) is 32.1 Å². The van der Waals surface area contributed by atoms with Crippen molar-refractivity contribution in [2.75, 3.05) is 40.3 Å². The third-order valence-corrected chi connectivity index (χ3v) is 7.23. The van der Waals surface area contributed by atoms with E-state index >= 15 is 0 Å². The molecule has 0 spiro atoms. The third kappa shape index (κ3) is 7.95. The van der Waals surface area contributed by atoms with Gasteiger partial charge in [-0.1, -0.05) is 30.3 Å². The summed E-state index contributed by atoms with van der Waals surface area (Å²) in [6, 6.07) is 13.1. The fourth-order valence-electron chi connectivity index (χ4n) is 4.91. The SMILES string of the molecule is COC(=O)c1ccc(C(=O)N2C[C@@H]3CNC(=O)[C@@H](C)NC(=O)CN(C)C(=O)[C@@H](Cc4ccccc4)NC(=O)[C@@H](C2)O3)cc1. The second-order valence-electron chi connectivity index (χ2n) is 10.5. The molecule has 4 rings (SSSR count). The predicted octanol–water partition coefficient (Wildman–Crippen LogP) is -0.497. The highest BCUT2D eigenvalue weighted by atomic mass is 16.5. The van der Waals surface area contributed by atoms with E-state index in [2.05, 4.69) is 16.0 Å². The Labute approximate surface area is 248 Å². The number of hydrogen-bond acceptors (Lipinski definition) is 8. The number of carbonyl (C=O) groups is 6. The Morgan fingerprint density at radius 2 is 1.60 bits per heavy atom. The molecule has 2 bridgehead atoms. The van der Waals surface area contributed by atoms with E-state index in [4.69, 9.17) is 9.47 Å². The molecule has 228 valence electrons. The van der Waals surface area contributed by atoms with E-state index in [1.807, 2.05) is 30.3 Å². The van der Waals surface area contributed by atoms with E-state index in [1.54, 1.807) is 0 Å². The fourth-order valence-corrected chi connectivity index (χ4v) is 4.91. The monoisotopic (exact) mass is 593 g/mol. The van der Waals surface area contributed by atoms with Crippen LogP contribution in [-0.4, -0.2) is 110 Å². The Hall–Kier alpha value is -4.78. The van der Waals surface area contributed by atoms with Gasteiger partial charge in [0.05, 0.1) is 31.9 Å². The minimum Gasteiger partial charge on any atom is -0.465 e. The van der Waals surface area contributed by atoms with Gasteiger partial charge in [-0.05, 0) is 36.8 Å². The molecular formula is C30H35N5O8. The summed E-state index contributed by atoms with van der Waals surface area (Å²) >= 11 is 0. The zero-order valence-corrected chi connectivity index (χ0v) is 24.2. The number of nitrogens with zero attached hydrogens (tertiary/aromatic N) is 2. The van der Waals surface area contributed by atoms with Crippen molar-refractivity contribution in [1.82, 2.24) is 25.8 Å². The highest BCUT2D eigenvalue weighted by Gasteiger charge is 2.37. The average molecular weight is 594 g/mol. The summed E-state index contributed by atoms with van der Waals surface area (Å²) in [5, 5.41) is 8.04. The lowest BCUT2D eigenvalue weighted by Gasteiger charge is -2.38. The minimum absolute atomic E-state index is 0.0415. The molecule has 0 unspecified atom stereocenters. The van der Waals surface area contributed by atoms with Crippen LogP contribution in [0, 0.1) is 0 Å². The summed E-state index contributed by atoms with van der Waals surface area (Å²) in [5.41, 5.74) is 1.34. The van der Waals surface area contributed by atoms with Crippen LogP contribution in [-0.2, 0) is 35.1 Å². The van der Waals surface area contributed by atoms with Gasteiger partial charge in [-0.25, -0.2) is 4.79 Å². The number of benzene rings is 2. The molecule has 4 atom stereocenters. The van der Waals surface area contributed by atoms with Gasteiger partial charge in [0.1, 0.15) is 12.1 Å². The second-order valence-corrected chi connectivity index (χ2v) is 10.5. The van der Waals surface area contributed by atoms with Gasteiger partial charge >= 0.3 is 5.97 Å². The summed E-state index contributed by atoms with van der Waals surface area (Å²) in [7, 11) is 2.70. The largest absolute Gasteiger partial charge is 0.465 e. The summed E-state index contributed by atoms with van der Waals surface area (Å²) in [5.74, 6) is -3.12. The quantitative estimate of drug-likeness (QED) is 0.400. The molecule has 2 heterocycles. The Morgan fingerprint density at radius 3 is 2.28 bits per heavy atom.